The normalized spacial score (nSPS) is 25.0. The number of carbonyl (C=O) groups is 1. The van der Waals surface area contributed by atoms with E-state index in [-0.39, 0.29) is 11.6 Å². The summed E-state index contributed by atoms with van der Waals surface area (Å²) in [4.78, 5) is 18.9. The van der Waals surface area contributed by atoms with Crippen molar-refractivity contribution in [3.63, 3.8) is 0 Å². The fourth-order valence-electron chi connectivity index (χ4n) is 6.07. The average Bonchev–Trinajstić information content (AvgIpc) is 3.15. The van der Waals surface area contributed by atoms with Crippen LogP contribution in [0, 0.1) is 10.8 Å². The molecular formula is C25H29N5O2. The molecule has 2 fully saturated rings. The van der Waals surface area contributed by atoms with Crippen molar-refractivity contribution in [2.45, 2.75) is 52.7 Å². The van der Waals surface area contributed by atoms with Crippen molar-refractivity contribution in [2.75, 3.05) is 6.54 Å². The van der Waals surface area contributed by atoms with Gasteiger partial charge in [0.25, 0.3) is 0 Å². The summed E-state index contributed by atoms with van der Waals surface area (Å²) in [7, 11) is 0. The van der Waals surface area contributed by atoms with Crippen LogP contribution in [-0.2, 0) is 6.67 Å². The van der Waals surface area contributed by atoms with Gasteiger partial charge in [-0.05, 0) is 48.3 Å². The predicted molar refractivity (Wildman–Crippen MR) is 123 cm³/mol. The van der Waals surface area contributed by atoms with Gasteiger partial charge in [0.05, 0.1) is 12.2 Å². The number of nitrogens with zero attached hydrogens (tertiary/aromatic N) is 5. The van der Waals surface area contributed by atoms with Crippen LogP contribution < -0.4 is 0 Å². The molecule has 5 rings (SSSR count). The zero-order chi connectivity index (χ0) is 22.5. The predicted octanol–water partition coefficient (Wildman–Crippen LogP) is 5.52. The molecule has 2 bridgehead atoms. The van der Waals surface area contributed by atoms with Crippen LogP contribution in [0.5, 0.6) is 5.88 Å². The number of rotatable bonds is 4. The minimum Gasteiger partial charge on any atom is -0.493 e. The molecule has 32 heavy (non-hydrogen) atoms. The zero-order valence-electron chi connectivity index (χ0n) is 18.8. The zero-order valence-corrected chi connectivity index (χ0v) is 18.8. The lowest BCUT2D eigenvalue weighted by Gasteiger charge is -2.40. The van der Waals surface area contributed by atoms with Gasteiger partial charge in [-0.25, -0.2) is 0 Å². The summed E-state index contributed by atoms with van der Waals surface area (Å²) in [6.45, 7) is 8.72. The van der Waals surface area contributed by atoms with Crippen molar-refractivity contribution in [2.24, 2.45) is 21.1 Å². The van der Waals surface area contributed by atoms with Crippen molar-refractivity contribution in [3.8, 4) is 5.88 Å². The Kier molecular flexibility index (Phi) is 4.89. The van der Waals surface area contributed by atoms with Crippen LogP contribution in [-0.4, -0.2) is 38.1 Å². The highest BCUT2D eigenvalue weighted by atomic mass is 16.3. The largest absolute Gasteiger partial charge is 0.493 e. The lowest BCUT2D eigenvalue weighted by molar-refractivity contribution is 0.0990. The molecule has 7 nitrogen and oxygen atoms in total. The van der Waals surface area contributed by atoms with Crippen LogP contribution in [0.1, 0.15) is 50.5 Å². The van der Waals surface area contributed by atoms with Crippen molar-refractivity contribution in [1.82, 2.24) is 14.5 Å². The first-order chi connectivity index (χ1) is 15.2. The molecule has 1 aliphatic carbocycles. The molecule has 2 atom stereocenters. The van der Waals surface area contributed by atoms with Gasteiger partial charge < -0.3 is 5.11 Å². The molecule has 3 aromatic rings. The van der Waals surface area contributed by atoms with Crippen LogP contribution in [0.4, 0.5) is 5.69 Å². The molecule has 0 radical (unpaired) electrons. The summed E-state index contributed by atoms with van der Waals surface area (Å²) in [6.07, 6.45) is 5.12. The van der Waals surface area contributed by atoms with E-state index in [4.69, 9.17) is 0 Å². The molecule has 0 spiro atoms. The molecule has 1 amide bonds. The maximum atomic E-state index is 12.4. The molecule has 2 aliphatic rings. The summed E-state index contributed by atoms with van der Waals surface area (Å²) in [5.74, 6) is -0.500. The molecule has 1 N–H and O–H groups in total. The highest BCUT2D eigenvalue weighted by Gasteiger charge is 2.49. The van der Waals surface area contributed by atoms with E-state index in [1.54, 1.807) is 24.4 Å². The van der Waals surface area contributed by atoms with E-state index < -0.39 is 5.91 Å². The molecule has 1 saturated heterocycles. The lowest BCUT2D eigenvalue weighted by Crippen LogP contribution is -2.35. The summed E-state index contributed by atoms with van der Waals surface area (Å²) < 4.78 is 1.89. The number of amides is 1. The number of aromatic nitrogens is 2. The van der Waals surface area contributed by atoms with Crippen LogP contribution in [0.25, 0.3) is 10.9 Å². The fraction of sp³-hybridized carbons (Fsp3) is 0.440. The van der Waals surface area contributed by atoms with E-state index in [1.807, 2.05) is 28.8 Å². The van der Waals surface area contributed by atoms with Gasteiger partial charge in [0.1, 0.15) is 5.69 Å². The van der Waals surface area contributed by atoms with Crippen LogP contribution in [0.3, 0.4) is 0 Å². The second-order valence-electron chi connectivity index (χ2n) is 10.4. The van der Waals surface area contributed by atoms with E-state index in [2.05, 4.69) is 40.9 Å². The van der Waals surface area contributed by atoms with Gasteiger partial charge >= 0.3 is 5.91 Å². The maximum Gasteiger partial charge on any atom is 0.313 e. The number of aromatic hydroxyl groups is 1. The molecule has 1 aliphatic heterocycles. The van der Waals surface area contributed by atoms with Crippen molar-refractivity contribution < 1.29 is 9.90 Å². The third kappa shape index (κ3) is 3.71. The Hall–Kier alpha value is -3.06. The number of likely N-dealkylation sites (tertiary alicyclic amines) is 1. The summed E-state index contributed by atoms with van der Waals surface area (Å²) in [5, 5.41) is 19.9. The number of fused-ring (bicyclic) bond motifs is 3. The number of carbonyl (C=O) groups excluding carboxylic acids is 1. The number of hydrogen-bond donors (Lipinski definition) is 1. The number of pyridine rings is 1. The van der Waals surface area contributed by atoms with Gasteiger partial charge in [-0.2, -0.15) is 0 Å². The highest BCUT2D eigenvalue weighted by molar-refractivity contribution is 5.96. The monoisotopic (exact) mass is 431 g/mol. The van der Waals surface area contributed by atoms with Gasteiger partial charge in [-0.15, -0.1) is 10.2 Å². The smallest absolute Gasteiger partial charge is 0.313 e. The van der Waals surface area contributed by atoms with Gasteiger partial charge in [0, 0.05) is 24.2 Å². The van der Waals surface area contributed by atoms with E-state index >= 15 is 0 Å². The Morgan fingerprint density at radius 1 is 1.16 bits per heavy atom. The highest BCUT2D eigenvalue weighted by Crippen LogP contribution is 2.53. The Morgan fingerprint density at radius 2 is 1.94 bits per heavy atom. The second-order valence-corrected chi connectivity index (χ2v) is 10.4. The van der Waals surface area contributed by atoms with Gasteiger partial charge in [0.2, 0.25) is 5.88 Å². The Labute approximate surface area is 187 Å². The molecule has 1 aromatic carbocycles. The van der Waals surface area contributed by atoms with Gasteiger partial charge in [0.15, 0.2) is 5.69 Å². The quantitative estimate of drug-likeness (QED) is 0.551. The van der Waals surface area contributed by atoms with E-state index in [0.717, 1.165) is 23.9 Å². The average molecular weight is 432 g/mol. The molecular weight excluding hydrogens is 402 g/mol. The molecule has 7 heteroatoms. The molecule has 3 heterocycles. The second kappa shape index (κ2) is 7.52. The van der Waals surface area contributed by atoms with Gasteiger partial charge in [-0.1, -0.05) is 45.0 Å². The number of para-hydroxylation sites is 1. The first-order valence-electron chi connectivity index (χ1n) is 11.2. The number of azo groups is 1. The van der Waals surface area contributed by atoms with E-state index in [0.29, 0.717) is 29.2 Å². The van der Waals surface area contributed by atoms with E-state index in [1.165, 1.54) is 12.8 Å². The Bertz CT molecular complexity index is 1200. The first-order valence-corrected chi connectivity index (χ1v) is 11.2. The Balaban J connectivity index is 1.47. The number of hydrogen-bond acceptors (Lipinski definition) is 5. The molecule has 166 valence electrons. The lowest BCUT2D eigenvalue weighted by atomic mass is 9.65. The van der Waals surface area contributed by atoms with Crippen LogP contribution in [0.15, 0.2) is 58.9 Å². The maximum absolute atomic E-state index is 12.4. The first kappa shape index (κ1) is 20.8. The molecule has 1 saturated carbocycles. The summed E-state index contributed by atoms with van der Waals surface area (Å²) >= 11 is 0. The molecule has 0 unspecified atom stereocenters. The third-order valence-electron chi connectivity index (χ3n) is 6.89. The van der Waals surface area contributed by atoms with Gasteiger partial charge in [-0.3, -0.25) is 19.2 Å². The summed E-state index contributed by atoms with van der Waals surface area (Å²) in [6, 6.07) is 13.3. The topological polar surface area (TPSA) is 83.1 Å². The van der Waals surface area contributed by atoms with E-state index in [9.17, 15) is 9.90 Å². The van der Waals surface area contributed by atoms with Crippen LogP contribution >= 0.6 is 0 Å². The minimum absolute atomic E-state index is 0.0367. The summed E-state index contributed by atoms with van der Waals surface area (Å²) in [5.41, 5.74) is 2.06. The van der Waals surface area contributed by atoms with Crippen LogP contribution in [0.2, 0.25) is 0 Å². The number of benzene rings is 1. The molecule has 2 aromatic heterocycles. The van der Waals surface area contributed by atoms with Crippen molar-refractivity contribution >= 4 is 22.5 Å². The third-order valence-corrected chi connectivity index (χ3v) is 6.89. The fourth-order valence-corrected chi connectivity index (χ4v) is 6.07. The standard InChI is InChI=1S/C25H29N5O2/c1-24(2)12-17-13-25(3,14-24)15-29(17)16-30-20-10-5-4-8-18(20)21(23(30)32)27-28-22(31)19-9-6-7-11-26-19/h4-11,17,32H,12-16H2,1-3H3/t17-,25-/m1/s1. The van der Waals surface area contributed by atoms with Crippen molar-refractivity contribution in [3.05, 3.63) is 54.4 Å². The minimum atomic E-state index is -0.537. The SMILES string of the molecule is CC1(C)C[C@@H]2C[C@@](C)(CN2Cn2c(O)c(N=NC(=O)c3ccccn3)c3ccccc32)C1. The van der Waals surface area contributed by atoms with Crippen molar-refractivity contribution in [1.29, 1.82) is 0 Å². The Morgan fingerprint density at radius 3 is 2.72 bits per heavy atom.